The number of fused-ring (bicyclic) bond motifs is 1. The molecule has 0 saturated carbocycles. The van der Waals surface area contributed by atoms with E-state index in [-0.39, 0.29) is 0 Å². The maximum Gasteiger partial charge on any atom is 0.325 e. The lowest BCUT2D eigenvalue weighted by Gasteiger charge is -2.05. The molecule has 0 fully saturated rings. The molecule has 0 radical (unpaired) electrons. The number of nitrogens with zero attached hydrogens (tertiary/aromatic N) is 1. The third-order valence-electron chi connectivity index (χ3n) is 2.37. The summed E-state index contributed by atoms with van der Waals surface area (Å²) in [6, 6.07) is 6.54. The summed E-state index contributed by atoms with van der Waals surface area (Å²) >= 11 is 0. The second-order valence-electron chi connectivity index (χ2n) is 3.14. The highest BCUT2D eigenvalue weighted by molar-refractivity contribution is 5.77. The van der Waals surface area contributed by atoms with Crippen molar-refractivity contribution in [1.82, 2.24) is 5.32 Å². The Morgan fingerprint density at radius 2 is 2.43 bits per heavy atom. The molecule has 4 nitrogen and oxygen atoms in total. The number of rotatable bonds is 1. The average Bonchev–Trinajstić information content (AvgIpc) is 2.60. The highest BCUT2D eigenvalue weighted by Gasteiger charge is 2.28. The first kappa shape index (κ1) is 8.73. The van der Waals surface area contributed by atoms with Crippen LogP contribution in [-0.2, 0) is 11.3 Å². The number of nitriles is 1. The van der Waals surface area contributed by atoms with Gasteiger partial charge in [-0.2, -0.15) is 5.26 Å². The topological polar surface area (TPSA) is 73.1 Å². The van der Waals surface area contributed by atoms with E-state index in [1.165, 1.54) is 0 Å². The van der Waals surface area contributed by atoms with E-state index in [4.69, 9.17) is 10.4 Å². The third kappa shape index (κ3) is 1.15. The maximum absolute atomic E-state index is 10.8. The molecule has 1 unspecified atom stereocenters. The van der Waals surface area contributed by atoms with Crippen molar-refractivity contribution in [1.29, 1.82) is 5.26 Å². The summed E-state index contributed by atoms with van der Waals surface area (Å²) in [5.41, 5.74) is 2.07. The van der Waals surface area contributed by atoms with E-state index >= 15 is 0 Å². The molecule has 1 aliphatic rings. The first-order valence-corrected chi connectivity index (χ1v) is 4.22. The molecular weight excluding hydrogens is 180 g/mol. The Bertz CT molecular complexity index is 434. The number of nitrogens with one attached hydrogen (secondary N) is 1. The second-order valence-corrected chi connectivity index (χ2v) is 3.14. The summed E-state index contributed by atoms with van der Waals surface area (Å²) in [5.74, 6) is -0.904. The van der Waals surface area contributed by atoms with Gasteiger partial charge in [0, 0.05) is 6.54 Å². The SMILES string of the molecule is N#Cc1cccc2c1CNC2C(=O)O. The Morgan fingerprint density at radius 1 is 1.64 bits per heavy atom. The summed E-state index contributed by atoms with van der Waals surface area (Å²) in [5, 5.41) is 20.5. The lowest BCUT2D eigenvalue weighted by Crippen LogP contribution is -2.21. The van der Waals surface area contributed by atoms with Crippen molar-refractivity contribution >= 4 is 5.97 Å². The van der Waals surface area contributed by atoms with Crippen molar-refractivity contribution < 1.29 is 9.90 Å². The van der Waals surface area contributed by atoms with E-state index in [0.717, 1.165) is 5.56 Å². The standard InChI is InChI=1S/C10H8N2O2/c11-4-6-2-1-3-7-8(6)5-12-9(7)10(13)14/h1-3,9,12H,5H2,(H,13,14). The largest absolute Gasteiger partial charge is 0.480 e. The number of carbonyl (C=O) groups is 1. The molecule has 1 atom stereocenters. The Labute approximate surface area is 80.8 Å². The predicted molar refractivity (Wildman–Crippen MR) is 48.4 cm³/mol. The van der Waals surface area contributed by atoms with Gasteiger partial charge in [-0.1, -0.05) is 12.1 Å². The number of benzene rings is 1. The number of carboxylic acids is 1. The van der Waals surface area contributed by atoms with Gasteiger partial charge in [0.15, 0.2) is 0 Å². The normalized spacial score (nSPS) is 18.6. The molecule has 0 spiro atoms. The average molecular weight is 188 g/mol. The summed E-state index contributed by atoms with van der Waals surface area (Å²) in [4.78, 5) is 10.8. The predicted octanol–water partition coefficient (Wildman–Crippen LogP) is 0.787. The van der Waals surface area contributed by atoms with Crippen molar-refractivity contribution in [2.45, 2.75) is 12.6 Å². The molecule has 1 aliphatic heterocycles. The molecular formula is C10H8N2O2. The van der Waals surface area contributed by atoms with Gasteiger partial charge in [0.1, 0.15) is 6.04 Å². The van der Waals surface area contributed by atoms with Gasteiger partial charge in [0.05, 0.1) is 11.6 Å². The number of aliphatic carboxylic acids is 1. The summed E-state index contributed by atoms with van der Waals surface area (Å²) < 4.78 is 0. The Balaban J connectivity index is 2.53. The second kappa shape index (κ2) is 3.13. The Morgan fingerprint density at radius 3 is 3.07 bits per heavy atom. The van der Waals surface area contributed by atoms with Gasteiger partial charge in [-0.25, -0.2) is 0 Å². The molecule has 0 bridgehead atoms. The zero-order valence-electron chi connectivity index (χ0n) is 7.32. The molecule has 0 saturated heterocycles. The fraction of sp³-hybridized carbons (Fsp3) is 0.200. The van der Waals surface area contributed by atoms with Crippen LogP contribution in [0, 0.1) is 11.3 Å². The van der Waals surface area contributed by atoms with Gasteiger partial charge in [-0.05, 0) is 17.2 Å². The Kier molecular flexibility index (Phi) is 1.95. The highest BCUT2D eigenvalue weighted by Crippen LogP contribution is 2.27. The van der Waals surface area contributed by atoms with Gasteiger partial charge in [0.25, 0.3) is 0 Å². The van der Waals surface area contributed by atoms with E-state index < -0.39 is 12.0 Å². The first-order valence-electron chi connectivity index (χ1n) is 4.22. The van der Waals surface area contributed by atoms with Crippen LogP contribution in [0.5, 0.6) is 0 Å². The lowest BCUT2D eigenvalue weighted by atomic mass is 10.0. The van der Waals surface area contributed by atoms with Gasteiger partial charge in [-0.3, -0.25) is 10.1 Å². The van der Waals surface area contributed by atoms with Crippen LogP contribution in [0.2, 0.25) is 0 Å². The fourth-order valence-corrected chi connectivity index (χ4v) is 1.71. The van der Waals surface area contributed by atoms with Crippen LogP contribution in [0.4, 0.5) is 0 Å². The van der Waals surface area contributed by atoms with E-state index in [0.29, 0.717) is 17.7 Å². The van der Waals surface area contributed by atoms with Crippen LogP contribution in [-0.4, -0.2) is 11.1 Å². The minimum absolute atomic E-state index is 0.454. The molecule has 1 aromatic carbocycles. The molecule has 1 aromatic rings. The van der Waals surface area contributed by atoms with E-state index in [2.05, 4.69) is 11.4 Å². The molecule has 70 valence electrons. The van der Waals surface area contributed by atoms with Crippen LogP contribution in [0.15, 0.2) is 18.2 Å². The minimum atomic E-state index is -0.904. The molecule has 14 heavy (non-hydrogen) atoms. The summed E-state index contributed by atoms with van der Waals surface area (Å²) in [7, 11) is 0. The Hall–Kier alpha value is -1.86. The van der Waals surface area contributed by atoms with Gasteiger partial charge in [-0.15, -0.1) is 0 Å². The van der Waals surface area contributed by atoms with Crippen molar-refractivity contribution in [3.63, 3.8) is 0 Å². The smallest absolute Gasteiger partial charge is 0.325 e. The van der Waals surface area contributed by atoms with Crippen LogP contribution < -0.4 is 5.32 Å². The third-order valence-corrected chi connectivity index (χ3v) is 2.37. The maximum atomic E-state index is 10.8. The van der Waals surface area contributed by atoms with Crippen LogP contribution in [0.25, 0.3) is 0 Å². The molecule has 0 amide bonds. The molecule has 2 N–H and O–H groups in total. The van der Waals surface area contributed by atoms with Gasteiger partial charge >= 0.3 is 5.97 Å². The highest BCUT2D eigenvalue weighted by atomic mass is 16.4. The van der Waals surface area contributed by atoms with Crippen molar-refractivity contribution in [3.05, 3.63) is 34.9 Å². The van der Waals surface area contributed by atoms with E-state index in [1.807, 2.05) is 0 Å². The van der Waals surface area contributed by atoms with Crippen LogP contribution in [0.3, 0.4) is 0 Å². The molecule has 1 heterocycles. The van der Waals surface area contributed by atoms with Crippen molar-refractivity contribution in [2.24, 2.45) is 0 Å². The lowest BCUT2D eigenvalue weighted by molar-refractivity contribution is -0.139. The fourth-order valence-electron chi connectivity index (χ4n) is 1.71. The van der Waals surface area contributed by atoms with Crippen LogP contribution in [0.1, 0.15) is 22.7 Å². The molecule has 4 heteroatoms. The number of hydrogen-bond acceptors (Lipinski definition) is 3. The zero-order valence-corrected chi connectivity index (χ0v) is 7.32. The molecule has 2 rings (SSSR count). The number of carboxylic acid groups (broad SMARTS) is 1. The number of hydrogen-bond donors (Lipinski definition) is 2. The molecule has 0 aliphatic carbocycles. The van der Waals surface area contributed by atoms with Crippen molar-refractivity contribution in [2.75, 3.05) is 0 Å². The zero-order chi connectivity index (χ0) is 10.1. The summed E-state index contributed by atoms with van der Waals surface area (Å²) in [6.07, 6.45) is 0. The van der Waals surface area contributed by atoms with E-state index in [1.54, 1.807) is 18.2 Å². The summed E-state index contributed by atoms with van der Waals surface area (Å²) in [6.45, 7) is 0.454. The quantitative estimate of drug-likeness (QED) is 0.683. The van der Waals surface area contributed by atoms with Crippen molar-refractivity contribution in [3.8, 4) is 6.07 Å². The monoisotopic (exact) mass is 188 g/mol. The molecule has 0 aromatic heterocycles. The van der Waals surface area contributed by atoms with E-state index in [9.17, 15) is 4.79 Å². The minimum Gasteiger partial charge on any atom is -0.480 e. The first-order chi connectivity index (χ1) is 6.74. The van der Waals surface area contributed by atoms with Crippen LogP contribution >= 0.6 is 0 Å². The van der Waals surface area contributed by atoms with Gasteiger partial charge in [0.2, 0.25) is 0 Å². The van der Waals surface area contributed by atoms with Gasteiger partial charge < -0.3 is 5.11 Å².